The van der Waals surface area contributed by atoms with Crippen molar-refractivity contribution < 1.29 is 33.4 Å². The summed E-state index contributed by atoms with van der Waals surface area (Å²) in [6.45, 7) is 21.4. The summed E-state index contributed by atoms with van der Waals surface area (Å²) >= 11 is 4.17. The Labute approximate surface area is 264 Å². The first-order valence-corrected chi connectivity index (χ1v) is 15.8. The highest BCUT2D eigenvalue weighted by Gasteiger charge is 2.25. The number of thiol groups is 1. The maximum absolute atomic E-state index is 12.8. The highest BCUT2D eigenvalue weighted by atomic mass is 32.1. The Kier molecular flexibility index (Phi) is 16.5. The molecule has 43 heavy (non-hydrogen) atoms. The topological polar surface area (TPSA) is 121 Å². The van der Waals surface area contributed by atoms with E-state index in [1.165, 1.54) is 0 Å². The zero-order valence-corrected chi connectivity index (χ0v) is 28.9. The normalized spacial score (nSPS) is 17.8. The van der Waals surface area contributed by atoms with Crippen molar-refractivity contribution in [3.05, 3.63) is 0 Å². The molecule has 1 fully saturated rings. The van der Waals surface area contributed by atoms with Gasteiger partial charge in [-0.3, -0.25) is 38.8 Å². The fourth-order valence-electron chi connectivity index (χ4n) is 4.33. The number of hydrogen-bond donors (Lipinski definition) is 2. The van der Waals surface area contributed by atoms with Crippen molar-refractivity contribution in [3.8, 4) is 0 Å². The molecule has 1 saturated heterocycles. The predicted octanol–water partition coefficient (Wildman–Crippen LogP) is 1.28. The lowest BCUT2D eigenvalue weighted by Crippen LogP contribution is -2.50. The number of nitrogens with one attached hydrogen (secondary N) is 1. The van der Waals surface area contributed by atoms with Crippen molar-refractivity contribution >= 4 is 36.4 Å². The molecule has 0 aromatic carbocycles. The Morgan fingerprint density at radius 3 is 1.02 bits per heavy atom. The minimum atomic E-state index is -0.613. The van der Waals surface area contributed by atoms with Gasteiger partial charge in [-0.05, 0) is 62.3 Å². The van der Waals surface area contributed by atoms with E-state index < -0.39 is 16.8 Å². The van der Waals surface area contributed by atoms with E-state index in [9.17, 15) is 19.2 Å². The SMILES string of the molecule is CC(C)(C)OC(=O)CN1CCN(CC(=O)NCCS)CCN(CC(=O)OC(C)(C)C)CCN(CC(=O)OC(C)(C)C)CC1. The van der Waals surface area contributed by atoms with Crippen molar-refractivity contribution in [3.63, 3.8) is 0 Å². The number of amides is 1. The molecule has 0 unspecified atom stereocenters. The zero-order valence-electron chi connectivity index (χ0n) is 28.0. The summed E-state index contributed by atoms with van der Waals surface area (Å²) in [5.41, 5.74) is -1.83. The van der Waals surface area contributed by atoms with Crippen LogP contribution in [0.4, 0.5) is 0 Å². The number of esters is 3. The van der Waals surface area contributed by atoms with E-state index in [1.54, 1.807) is 0 Å². The van der Waals surface area contributed by atoms with Crippen molar-refractivity contribution in [1.29, 1.82) is 0 Å². The summed E-state index contributed by atoms with van der Waals surface area (Å²) in [6.07, 6.45) is 0. The second kappa shape index (κ2) is 18.1. The van der Waals surface area contributed by atoms with Crippen molar-refractivity contribution in [1.82, 2.24) is 24.9 Å². The molecule has 13 heteroatoms. The maximum Gasteiger partial charge on any atom is 0.320 e. The molecule has 1 heterocycles. The summed E-state index contributed by atoms with van der Waals surface area (Å²) in [5.74, 6) is -0.573. The smallest absolute Gasteiger partial charge is 0.320 e. The third kappa shape index (κ3) is 20.6. The van der Waals surface area contributed by atoms with Crippen LogP contribution in [0.1, 0.15) is 62.3 Å². The van der Waals surface area contributed by atoms with Gasteiger partial charge < -0.3 is 19.5 Å². The summed E-state index contributed by atoms with van der Waals surface area (Å²) in [7, 11) is 0. The van der Waals surface area contributed by atoms with E-state index in [0.717, 1.165) is 0 Å². The summed E-state index contributed by atoms with van der Waals surface area (Å²) < 4.78 is 16.7. The standard InChI is InChI=1S/C30H57N5O7S/c1-28(2,3)40-25(37)21-33-13-11-32(20-24(36)31-10-19-43)12-14-34(22-26(38)41-29(4,5)6)16-18-35(17-15-33)23-27(39)42-30(7,8)9/h43H,10-23H2,1-9H3,(H,31,36). The van der Waals surface area contributed by atoms with Gasteiger partial charge in [-0.25, -0.2) is 0 Å². The Morgan fingerprint density at radius 2 is 0.791 bits per heavy atom. The number of rotatable bonds is 10. The maximum atomic E-state index is 12.8. The molecule has 0 aliphatic carbocycles. The van der Waals surface area contributed by atoms with Crippen molar-refractivity contribution in [2.24, 2.45) is 0 Å². The van der Waals surface area contributed by atoms with Gasteiger partial charge in [0.2, 0.25) is 5.91 Å². The minimum Gasteiger partial charge on any atom is -0.459 e. The van der Waals surface area contributed by atoms with Crippen LogP contribution in [0, 0.1) is 0 Å². The molecule has 1 N–H and O–H groups in total. The molecule has 1 aliphatic rings. The fourth-order valence-corrected chi connectivity index (χ4v) is 4.45. The molecular weight excluding hydrogens is 574 g/mol. The monoisotopic (exact) mass is 631 g/mol. The van der Waals surface area contributed by atoms with E-state index in [0.29, 0.717) is 64.7 Å². The van der Waals surface area contributed by atoms with Crippen LogP contribution in [0.5, 0.6) is 0 Å². The van der Waals surface area contributed by atoms with Gasteiger partial charge in [0, 0.05) is 64.7 Å². The molecule has 0 bridgehead atoms. The third-order valence-corrected chi connectivity index (χ3v) is 6.27. The predicted molar refractivity (Wildman–Crippen MR) is 170 cm³/mol. The summed E-state index contributed by atoms with van der Waals surface area (Å²) in [6, 6.07) is 0. The first-order valence-electron chi connectivity index (χ1n) is 15.2. The molecule has 12 nitrogen and oxygen atoms in total. The Hall–Kier alpha value is -1.93. The zero-order chi connectivity index (χ0) is 32.8. The van der Waals surface area contributed by atoms with Gasteiger partial charge in [0.15, 0.2) is 0 Å². The van der Waals surface area contributed by atoms with E-state index in [2.05, 4.69) is 17.9 Å². The fraction of sp³-hybridized carbons (Fsp3) is 0.867. The molecular formula is C30H57N5O7S. The van der Waals surface area contributed by atoms with Crippen LogP contribution in [0.25, 0.3) is 0 Å². The van der Waals surface area contributed by atoms with E-state index in [4.69, 9.17) is 14.2 Å². The number of carbonyl (C=O) groups is 4. The first-order chi connectivity index (χ1) is 19.7. The van der Waals surface area contributed by atoms with Gasteiger partial charge in [-0.15, -0.1) is 0 Å². The van der Waals surface area contributed by atoms with Crippen LogP contribution in [0.15, 0.2) is 0 Å². The highest BCUT2D eigenvalue weighted by molar-refractivity contribution is 7.80. The molecule has 250 valence electrons. The Morgan fingerprint density at radius 1 is 0.535 bits per heavy atom. The van der Waals surface area contributed by atoms with E-state index in [-0.39, 0.29) is 50.0 Å². The lowest BCUT2D eigenvalue weighted by molar-refractivity contribution is -0.158. The van der Waals surface area contributed by atoms with Gasteiger partial charge in [0.25, 0.3) is 0 Å². The van der Waals surface area contributed by atoms with Crippen molar-refractivity contribution in [2.45, 2.75) is 79.1 Å². The Bertz CT molecular complexity index is 853. The lowest BCUT2D eigenvalue weighted by atomic mass is 10.2. The Balaban J connectivity index is 3.19. The van der Waals surface area contributed by atoms with Crippen LogP contribution in [-0.4, -0.2) is 151 Å². The van der Waals surface area contributed by atoms with Crippen LogP contribution in [-0.2, 0) is 33.4 Å². The van der Waals surface area contributed by atoms with E-state index >= 15 is 0 Å². The molecule has 1 aliphatic heterocycles. The molecule has 0 aromatic rings. The second-order valence-corrected chi connectivity index (χ2v) is 14.4. The van der Waals surface area contributed by atoms with E-state index in [1.807, 2.05) is 81.9 Å². The first kappa shape index (κ1) is 39.1. The van der Waals surface area contributed by atoms with Gasteiger partial charge in [-0.1, -0.05) is 0 Å². The summed E-state index contributed by atoms with van der Waals surface area (Å²) in [5, 5.41) is 2.86. The molecule has 0 spiro atoms. The number of nitrogens with zero attached hydrogens (tertiary/aromatic N) is 4. The van der Waals surface area contributed by atoms with Gasteiger partial charge in [0.05, 0.1) is 26.2 Å². The largest absolute Gasteiger partial charge is 0.459 e. The number of hydrogen-bond acceptors (Lipinski definition) is 12. The minimum absolute atomic E-state index is 0.0786. The van der Waals surface area contributed by atoms with Crippen LogP contribution in [0.3, 0.4) is 0 Å². The average Bonchev–Trinajstić information content (AvgIpc) is 2.80. The molecule has 1 amide bonds. The quantitative estimate of drug-likeness (QED) is 0.206. The van der Waals surface area contributed by atoms with Gasteiger partial charge >= 0.3 is 17.9 Å². The highest BCUT2D eigenvalue weighted by Crippen LogP contribution is 2.11. The molecule has 0 saturated carbocycles. The van der Waals surface area contributed by atoms with Crippen LogP contribution in [0.2, 0.25) is 0 Å². The molecule has 0 radical (unpaired) electrons. The number of ether oxygens (including phenoxy) is 3. The summed E-state index contributed by atoms with van der Waals surface area (Å²) in [4.78, 5) is 58.9. The molecule has 0 atom stereocenters. The van der Waals surface area contributed by atoms with Crippen LogP contribution < -0.4 is 5.32 Å². The van der Waals surface area contributed by atoms with Crippen molar-refractivity contribution in [2.75, 3.05) is 90.8 Å². The number of carbonyl (C=O) groups excluding carboxylic acids is 4. The van der Waals surface area contributed by atoms with Crippen LogP contribution >= 0.6 is 12.6 Å². The molecule has 0 aromatic heterocycles. The van der Waals surface area contributed by atoms with Gasteiger partial charge in [0.1, 0.15) is 16.8 Å². The lowest BCUT2D eigenvalue weighted by Gasteiger charge is -2.34. The average molecular weight is 632 g/mol. The third-order valence-electron chi connectivity index (χ3n) is 6.05. The second-order valence-electron chi connectivity index (χ2n) is 13.9. The van der Waals surface area contributed by atoms with Gasteiger partial charge in [-0.2, -0.15) is 12.6 Å². The molecule has 1 rings (SSSR count).